The highest BCUT2D eigenvalue weighted by Gasteiger charge is 2.04. The Morgan fingerprint density at radius 1 is 0.895 bits per heavy atom. The predicted octanol–water partition coefficient (Wildman–Crippen LogP) is 1.96. The normalized spacial score (nSPS) is 12.6. The first kappa shape index (κ1) is 18.2. The summed E-state index contributed by atoms with van der Waals surface area (Å²) >= 11 is 0. The van der Waals surface area contributed by atoms with Crippen LogP contribution in [-0.4, -0.2) is 60.1 Å². The smallest absolute Gasteiger partial charge is 0.139 e. The Kier molecular flexibility index (Phi) is 11.7. The molecule has 0 aliphatic rings. The van der Waals surface area contributed by atoms with Gasteiger partial charge in [-0.3, -0.25) is 0 Å². The Labute approximate surface area is 118 Å². The van der Waals surface area contributed by atoms with Crippen molar-refractivity contribution in [3.63, 3.8) is 0 Å². The maximum atomic E-state index is 8.45. The van der Waals surface area contributed by atoms with Gasteiger partial charge in [0.25, 0.3) is 0 Å². The maximum absolute atomic E-state index is 8.45. The molecular formula is C14H32N4O. The largest absolute Gasteiger partial charge is 0.409 e. The lowest BCUT2D eigenvalue weighted by atomic mass is 10.2. The summed E-state index contributed by atoms with van der Waals surface area (Å²) in [5.74, 6) is 0.338. The third-order valence-electron chi connectivity index (χ3n) is 3.58. The lowest BCUT2D eigenvalue weighted by molar-refractivity contribution is 0.241. The van der Waals surface area contributed by atoms with Crippen molar-refractivity contribution >= 4 is 5.84 Å². The average molecular weight is 272 g/mol. The van der Waals surface area contributed by atoms with Gasteiger partial charge in [0.2, 0.25) is 0 Å². The van der Waals surface area contributed by atoms with Gasteiger partial charge < -0.3 is 20.7 Å². The van der Waals surface area contributed by atoms with Crippen molar-refractivity contribution in [2.24, 2.45) is 10.9 Å². The Balaban J connectivity index is 3.65. The summed E-state index contributed by atoms with van der Waals surface area (Å²) in [6, 6.07) is 0. The molecule has 0 aliphatic heterocycles. The van der Waals surface area contributed by atoms with Crippen LogP contribution in [-0.2, 0) is 0 Å². The van der Waals surface area contributed by atoms with E-state index >= 15 is 0 Å². The van der Waals surface area contributed by atoms with E-state index in [1.165, 1.54) is 13.0 Å². The number of unbranched alkanes of at least 4 members (excludes halogenated alkanes) is 1. The van der Waals surface area contributed by atoms with Crippen molar-refractivity contribution in [2.75, 3.05) is 39.3 Å². The zero-order valence-electron chi connectivity index (χ0n) is 12.9. The summed E-state index contributed by atoms with van der Waals surface area (Å²) in [6.45, 7) is 13.5. The Morgan fingerprint density at radius 3 is 1.95 bits per heavy atom. The number of hydrogen-bond donors (Lipinski definition) is 2. The molecule has 19 heavy (non-hydrogen) atoms. The van der Waals surface area contributed by atoms with E-state index in [0.29, 0.717) is 12.3 Å². The molecule has 0 rings (SSSR count). The van der Waals surface area contributed by atoms with E-state index < -0.39 is 0 Å². The number of rotatable bonds is 12. The number of amidine groups is 1. The molecule has 0 radical (unpaired) electrons. The van der Waals surface area contributed by atoms with E-state index in [9.17, 15) is 0 Å². The van der Waals surface area contributed by atoms with Crippen LogP contribution in [0.15, 0.2) is 5.16 Å². The molecule has 0 amide bonds. The summed E-state index contributed by atoms with van der Waals surface area (Å²) in [5.41, 5.74) is 5.45. The molecule has 5 nitrogen and oxygen atoms in total. The second-order valence-electron chi connectivity index (χ2n) is 4.86. The highest BCUT2D eigenvalue weighted by molar-refractivity contribution is 5.79. The van der Waals surface area contributed by atoms with Crippen LogP contribution in [0.2, 0.25) is 0 Å². The quantitative estimate of drug-likeness (QED) is 0.187. The lowest BCUT2D eigenvalue weighted by Crippen LogP contribution is -2.30. The van der Waals surface area contributed by atoms with Crippen molar-refractivity contribution in [3.05, 3.63) is 0 Å². The minimum absolute atomic E-state index is 0.338. The molecule has 5 heteroatoms. The third-order valence-corrected chi connectivity index (χ3v) is 3.58. The summed E-state index contributed by atoms with van der Waals surface area (Å²) in [6.07, 6.45) is 4.01. The number of nitrogens with two attached hydrogens (primary N) is 1. The molecule has 114 valence electrons. The topological polar surface area (TPSA) is 65.1 Å². The van der Waals surface area contributed by atoms with E-state index in [2.05, 4.69) is 35.7 Å². The second-order valence-corrected chi connectivity index (χ2v) is 4.86. The zero-order valence-corrected chi connectivity index (χ0v) is 12.9. The molecule has 0 fully saturated rings. The van der Waals surface area contributed by atoms with Gasteiger partial charge in [0.05, 0.1) is 0 Å². The van der Waals surface area contributed by atoms with Crippen LogP contribution in [0.3, 0.4) is 0 Å². The van der Waals surface area contributed by atoms with Gasteiger partial charge >= 0.3 is 0 Å². The van der Waals surface area contributed by atoms with Gasteiger partial charge in [-0.2, -0.15) is 0 Å². The van der Waals surface area contributed by atoms with Crippen LogP contribution in [0.1, 0.15) is 46.5 Å². The summed E-state index contributed by atoms with van der Waals surface area (Å²) < 4.78 is 0. The first-order valence-electron chi connectivity index (χ1n) is 7.58. The van der Waals surface area contributed by atoms with Gasteiger partial charge in [0, 0.05) is 6.42 Å². The molecule has 0 unspecified atom stereocenters. The fraction of sp³-hybridized carbons (Fsp3) is 0.929. The van der Waals surface area contributed by atoms with Gasteiger partial charge in [0.1, 0.15) is 5.84 Å². The maximum Gasteiger partial charge on any atom is 0.139 e. The molecule has 3 N–H and O–H groups in total. The van der Waals surface area contributed by atoms with Crippen LogP contribution < -0.4 is 5.73 Å². The zero-order chi connectivity index (χ0) is 14.5. The van der Waals surface area contributed by atoms with E-state index in [1.807, 2.05) is 0 Å². The van der Waals surface area contributed by atoms with Gasteiger partial charge in [-0.25, -0.2) is 0 Å². The van der Waals surface area contributed by atoms with Crippen molar-refractivity contribution < 1.29 is 5.21 Å². The van der Waals surface area contributed by atoms with E-state index in [0.717, 1.165) is 45.6 Å². The monoisotopic (exact) mass is 272 g/mol. The molecule has 0 aromatic heterocycles. The van der Waals surface area contributed by atoms with Gasteiger partial charge in [-0.05, 0) is 58.5 Å². The SMILES string of the molecule is CCN(CC)CCCN(CC)CCCCC(N)=NO. The predicted molar refractivity (Wildman–Crippen MR) is 81.8 cm³/mol. The van der Waals surface area contributed by atoms with Crippen molar-refractivity contribution in [1.82, 2.24) is 9.80 Å². The van der Waals surface area contributed by atoms with Crippen molar-refractivity contribution in [1.29, 1.82) is 0 Å². The van der Waals surface area contributed by atoms with Crippen molar-refractivity contribution in [3.8, 4) is 0 Å². The fourth-order valence-corrected chi connectivity index (χ4v) is 2.18. The Bertz CT molecular complexity index is 229. The molecule has 0 saturated carbocycles. The van der Waals surface area contributed by atoms with Gasteiger partial charge in [-0.15, -0.1) is 0 Å². The molecule has 0 atom stereocenters. The van der Waals surface area contributed by atoms with Gasteiger partial charge in [-0.1, -0.05) is 25.9 Å². The summed E-state index contributed by atoms with van der Waals surface area (Å²) in [5, 5.41) is 11.4. The minimum atomic E-state index is 0.338. The minimum Gasteiger partial charge on any atom is -0.409 e. The summed E-state index contributed by atoms with van der Waals surface area (Å²) in [7, 11) is 0. The molecule has 0 heterocycles. The fourth-order valence-electron chi connectivity index (χ4n) is 2.18. The standard InChI is InChI=1S/C14H32N4O/c1-4-17(5-2)12-9-13-18(6-3)11-8-7-10-14(15)16-19/h19H,4-13H2,1-3H3,(H2,15,16). The van der Waals surface area contributed by atoms with Crippen LogP contribution >= 0.6 is 0 Å². The highest BCUT2D eigenvalue weighted by Crippen LogP contribution is 2.01. The first-order chi connectivity index (χ1) is 9.17. The van der Waals surface area contributed by atoms with E-state index in [-0.39, 0.29) is 0 Å². The summed E-state index contributed by atoms with van der Waals surface area (Å²) in [4.78, 5) is 4.95. The Hall–Kier alpha value is -0.810. The second kappa shape index (κ2) is 12.2. The molecule has 0 spiro atoms. The number of oxime groups is 1. The highest BCUT2D eigenvalue weighted by atomic mass is 16.4. The van der Waals surface area contributed by atoms with Crippen LogP contribution in [0, 0.1) is 0 Å². The number of hydrogen-bond acceptors (Lipinski definition) is 4. The number of nitrogens with zero attached hydrogens (tertiary/aromatic N) is 3. The third kappa shape index (κ3) is 9.73. The lowest BCUT2D eigenvalue weighted by Gasteiger charge is -2.23. The Morgan fingerprint density at radius 2 is 1.42 bits per heavy atom. The van der Waals surface area contributed by atoms with E-state index in [1.54, 1.807) is 0 Å². The molecular weight excluding hydrogens is 240 g/mol. The average Bonchev–Trinajstić information content (AvgIpc) is 2.45. The van der Waals surface area contributed by atoms with E-state index in [4.69, 9.17) is 10.9 Å². The van der Waals surface area contributed by atoms with Crippen LogP contribution in [0.5, 0.6) is 0 Å². The van der Waals surface area contributed by atoms with Crippen LogP contribution in [0.4, 0.5) is 0 Å². The molecule has 0 aliphatic carbocycles. The first-order valence-corrected chi connectivity index (χ1v) is 7.58. The molecule has 0 aromatic rings. The van der Waals surface area contributed by atoms with Crippen LogP contribution in [0.25, 0.3) is 0 Å². The van der Waals surface area contributed by atoms with Crippen molar-refractivity contribution in [2.45, 2.75) is 46.5 Å². The molecule has 0 bridgehead atoms. The molecule has 0 aromatic carbocycles. The van der Waals surface area contributed by atoms with Gasteiger partial charge in [0.15, 0.2) is 0 Å². The molecule has 0 saturated heterocycles.